The number of hydrogen-bond acceptors (Lipinski definition) is 7. The highest BCUT2D eigenvalue weighted by molar-refractivity contribution is 5.95. The molecule has 1 aromatic heterocycles. The Balaban J connectivity index is 1.42. The zero-order valence-corrected chi connectivity index (χ0v) is 19.9. The number of hydrogen-bond donors (Lipinski definition) is 2. The van der Waals surface area contributed by atoms with Crippen LogP contribution in [0.1, 0.15) is 48.2 Å². The number of benzene rings is 1. The largest absolute Gasteiger partial charge is 0.352 e. The molecule has 2 N–H and O–H groups in total. The molecule has 0 spiro atoms. The van der Waals surface area contributed by atoms with Crippen LogP contribution in [0, 0.1) is 10.1 Å². The van der Waals surface area contributed by atoms with Gasteiger partial charge in [0.2, 0.25) is 0 Å². The number of nitro benzene ring substituents is 1. The lowest BCUT2D eigenvalue weighted by molar-refractivity contribution is -0.384. The Morgan fingerprint density at radius 3 is 2.47 bits per heavy atom. The third-order valence-electron chi connectivity index (χ3n) is 6.93. The van der Waals surface area contributed by atoms with E-state index >= 15 is 0 Å². The number of non-ortho nitro benzene ring substituents is 1. The second kappa shape index (κ2) is 11.5. The maximum atomic E-state index is 13.1. The van der Waals surface area contributed by atoms with Crippen molar-refractivity contribution in [1.82, 2.24) is 30.2 Å². The van der Waals surface area contributed by atoms with Crippen LogP contribution in [0.3, 0.4) is 0 Å². The fourth-order valence-corrected chi connectivity index (χ4v) is 4.87. The molecule has 10 nitrogen and oxygen atoms in total. The summed E-state index contributed by atoms with van der Waals surface area (Å²) in [5, 5.41) is 22.0. The molecule has 2 aromatic rings. The van der Waals surface area contributed by atoms with E-state index in [0.717, 1.165) is 83.0 Å². The lowest BCUT2D eigenvalue weighted by Crippen LogP contribution is -2.46. The number of likely N-dealkylation sites (N-methyl/N-ethyl adjacent to an activating group) is 1. The van der Waals surface area contributed by atoms with Gasteiger partial charge in [0.1, 0.15) is 0 Å². The van der Waals surface area contributed by atoms with Crippen molar-refractivity contribution in [2.24, 2.45) is 0 Å². The van der Waals surface area contributed by atoms with Gasteiger partial charge in [-0.1, -0.05) is 6.92 Å². The van der Waals surface area contributed by atoms with Gasteiger partial charge < -0.3 is 20.4 Å². The molecule has 10 heteroatoms. The molecule has 184 valence electrons. The van der Waals surface area contributed by atoms with E-state index in [1.807, 2.05) is 0 Å². The highest BCUT2D eigenvalue weighted by Gasteiger charge is 2.27. The van der Waals surface area contributed by atoms with Crippen LogP contribution in [0.15, 0.2) is 30.5 Å². The number of carbonyl (C=O) groups excluding carboxylic acids is 1. The van der Waals surface area contributed by atoms with E-state index in [0.29, 0.717) is 12.1 Å². The van der Waals surface area contributed by atoms with Crippen molar-refractivity contribution in [3.8, 4) is 5.69 Å². The van der Waals surface area contributed by atoms with Crippen LogP contribution in [0.2, 0.25) is 0 Å². The van der Waals surface area contributed by atoms with Crippen LogP contribution < -0.4 is 10.6 Å². The summed E-state index contributed by atoms with van der Waals surface area (Å²) >= 11 is 0. The number of piperazine rings is 1. The average molecular weight is 470 g/mol. The van der Waals surface area contributed by atoms with Gasteiger partial charge in [-0.15, -0.1) is 0 Å². The molecule has 0 unspecified atom stereocenters. The van der Waals surface area contributed by atoms with E-state index in [9.17, 15) is 14.9 Å². The number of nitro groups is 1. The van der Waals surface area contributed by atoms with Crippen LogP contribution in [0.4, 0.5) is 5.69 Å². The third-order valence-corrected chi connectivity index (χ3v) is 6.93. The molecule has 2 fully saturated rings. The molecule has 1 aromatic carbocycles. The molecule has 4 rings (SSSR count). The second-order valence-corrected chi connectivity index (χ2v) is 9.04. The van der Waals surface area contributed by atoms with Gasteiger partial charge >= 0.3 is 0 Å². The van der Waals surface area contributed by atoms with E-state index in [1.165, 1.54) is 12.1 Å². The smallest absolute Gasteiger partial charge is 0.269 e. The zero-order chi connectivity index (χ0) is 23.9. The fraction of sp³-hybridized carbons (Fsp3) is 0.583. The van der Waals surface area contributed by atoms with E-state index in [1.54, 1.807) is 23.0 Å². The minimum Gasteiger partial charge on any atom is -0.352 e. The first-order valence-corrected chi connectivity index (χ1v) is 12.3. The minimum atomic E-state index is -0.414. The summed E-state index contributed by atoms with van der Waals surface area (Å²) in [4.78, 5) is 28.7. The van der Waals surface area contributed by atoms with Gasteiger partial charge in [0.15, 0.2) is 0 Å². The summed E-state index contributed by atoms with van der Waals surface area (Å²) in [5.41, 5.74) is 2.25. The number of nitrogens with one attached hydrogen (secondary N) is 2. The average Bonchev–Trinajstić information content (AvgIpc) is 3.33. The molecule has 1 amide bonds. The topological polar surface area (TPSA) is 109 Å². The summed E-state index contributed by atoms with van der Waals surface area (Å²) in [6.45, 7) is 11.1. The molecular formula is C24H35N7O3. The van der Waals surface area contributed by atoms with Crippen LogP contribution in [-0.2, 0) is 0 Å². The van der Waals surface area contributed by atoms with Crippen molar-refractivity contribution in [2.45, 2.75) is 32.1 Å². The van der Waals surface area contributed by atoms with Crippen LogP contribution in [0.5, 0.6) is 0 Å². The molecule has 2 saturated heterocycles. The molecule has 0 bridgehead atoms. The maximum Gasteiger partial charge on any atom is 0.269 e. The quantitative estimate of drug-likeness (QED) is 0.328. The Morgan fingerprint density at radius 2 is 1.82 bits per heavy atom. The SMILES string of the molecule is CCN1CCN(CCCNC(=O)c2cnn(-c3ccc([N+](=O)[O-])cc3)c2C2CCNCC2)CC1. The minimum absolute atomic E-state index is 0.0356. The number of piperidine rings is 1. The lowest BCUT2D eigenvalue weighted by atomic mass is 9.91. The highest BCUT2D eigenvalue weighted by Crippen LogP contribution is 2.30. The number of aromatic nitrogens is 2. The summed E-state index contributed by atoms with van der Waals surface area (Å²) in [5.74, 6) is 0.104. The van der Waals surface area contributed by atoms with Gasteiger partial charge in [0, 0.05) is 50.8 Å². The predicted octanol–water partition coefficient (Wildman–Crippen LogP) is 2.00. The molecule has 0 atom stereocenters. The van der Waals surface area contributed by atoms with Crippen molar-refractivity contribution in [2.75, 3.05) is 58.9 Å². The normalized spacial score (nSPS) is 18.1. The van der Waals surface area contributed by atoms with Crippen molar-refractivity contribution < 1.29 is 9.72 Å². The molecule has 0 saturated carbocycles. The van der Waals surface area contributed by atoms with Crippen LogP contribution in [-0.4, -0.2) is 89.3 Å². The van der Waals surface area contributed by atoms with Crippen LogP contribution in [0.25, 0.3) is 5.69 Å². The van der Waals surface area contributed by atoms with E-state index < -0.39 is 4.92 Å². The molecule has 2 aliphatic heterocycles. The van der Waals surface area contributed by atoms with E-state index in [-0.39, 0.29) is 17.5 Å². The van der Waals surface area contributed by atoms with Gasteiger partial charge in [0.05, 0.1) is 28.1 Å². The Labute approximate surface area is 200 Å². The Bertz CT molecular complexity index is 961. The van der Waals surface area contributed by atoms with Gasteiger partial charge in [-0.3, -0.25) is 14.9 Å². The second-order valence-electron chi connectivity index (χ2n) is 9.04. The molecular weight excluding hydrogens is 434 g/mol. The van der Waals surface area contributed by atoms with Crippen molar-refractivity contribution >= 4 is 11.6 Å². The number of amides is 1. The first-order chi connectivity index (χ1) is 16.6. The van der Waals surface area contributed by atoms with Gasteiger partial charge in [0.25, 0.3) is 11.6 Å². The molecule has 2 aliphatic rings. The Morgan fingerprint density at radius 1 is 1.15 bits per heavy atom. The summed E-state index contributed by atoms with van der Waals surface area (Å²) in [7, 11) is 0. The standard InChI is InChI=1S/C24H35N7O3/c1-2-28-14-16-29(17-15-28)13-3-10-26-24(32)22-18-27-30(23(22)19-8-11-25-12-9-19)20-4-6-21(7-5-20)31(33)34/h4-7,18-19,25H,2-3,8-17H2,1H3,(H,26,32). The van der Waals surface area contributed by atoms with E-state index in [2.05, 4.69) is 32.5 Å². The Hall–Kier alpha value is -2.82. The first kappa shape index (κ1) is 24.3. The van der Waals surface area contributed by atoms with Crippen molar-refractivity contribution in [3.05, 3.63) is 51.8 Å². The summed E-state index contributed by atoms with van der Waals surface area (Å²) in [6.07, 6.45) is 4.39. The molecule has 0 aliphatic carbocycles. The number of carbonyl (C=O) groups is 1. The van der Waals surface area contributed by atoms with Crippen molar-refractivity contribution in [1.29, 1.82) is 0 Å². The number of rotatable bonds is 9. The van der Waals surface area contributed by atoms with Gasteiger partial charge in [-0.25, -0.2) is 4.68 Å². The highest BCUT2D eigenvalue weighted by atomic mass is 16.6. The van der Waals surface area contributed by atoms with Gasteiger partial charge in [-0.05, 0) is 57.6 Å². The lowest BCUT2D eigenvalue weighted by Gasteiger charge is -2.33. The summed E-state index contributed by atoms with van der Waals surface area (Å²) in [6, 6.07) is 6.33. The molecule has 0 radical (unpaired) electrons. The molecule has 3 heterocycles. The monoisotopic (exact) mass is 469 g/mol. The van der Waals surface area contributed by atoms with Crippen molar-refractivity contribution in [3.63, 3.8) is 0 Å². The molecule has 34 heavy (non-hydrogen) atoms. The Kier molecular flexibility index (Phi) is 8.25. The number of nitrogens with zero attached hydrogens (tertiary/aromatic N) is 5. The maximum absolute atomic E-state index is 13.1. The van der Waals surface area contributed by atoms with E-state index in [4.69, 9.17) is 0 Å². The first-order valence-electron chi connectivity index (χ1n) is 12.3. The van der Waals surface area contributed by atoms with Crippen LogP contribution >= 0.6 is 0 Å². The predicted molar refractivity (Wildman–Crippen MR) is 131 cm³/mol. The zero-order valence-electron chi connectivity index (χ0n) is 19.9. The summed E-state index contributed by atoms with van der Waals surface area (Å²) < 4.78 is 1.78. The van der Waals surface area contributed by atoms with Gasteiger partial charge in [-0.2, -0.15) is 5.10 Å². The fourth-order valence-electron chi connectivity index (χ4n) is 4.87. The third kappa shape index (κ3) is 5.81.